The van der Waals surface area contributed by atoms with E-state index in [2.05, 4.69) is 29.2 Å². The van der Waals surface area contributed by atoms with Gasteiger partial charge in [0.1, 0.15) is 6.10 Å². The molecule has 1 aliphatic heterocycles. The summed E-state index contributed by atoms with van der Waals surface area (Å²) in [6.45, 7) is 8.76. The van der Waals surface area contributed by atoms with Crippen molar-refractivity contribution >= 4 is 29.9 Å². The summed E-state index contributed by atoms with van der Waals surface area (Å²) >= 11 is 0. The molecule has 2 aliphatic rings. The highest BCUT2D eigenvalue weighted by Gasteiger charge is 2.30. The van der Waals surface area contributed by atoms with Crippen LogP contribution >= 0.6 is 24.0 Å². The van der Waals surface area contributed by atoms with Crippen molar-refractivity contribution in [1.29, 1.82) is 0 Å². The molecule has 0 amide bonds. The summed E-state index contributed by atoms with van der Waals surface area (Å²) in [6, 6.07) is 0. The number of nitrogens with zero attached hydrogens (tertiary/aromatic N) is 4. The Morgan fingerprint density at radius 2 is 2.20 bits per heavy atom. The molecule has 3 rings (SSSR count). The Balaban J connectivity index is 0.00000225. The first kappa shape index (κ1) is 20.5. The standard InChI is InChI=1S/C18H31N5O.HI/c1-4-19-17(20-14-18(2)7-5-6-8-18)23-9-10-24-16(13-23)15-11-21-22(3)12-15;/h11-12,16H,4-10,13-14H2,1-3H3,(H,19,20);1H. The van der Waals surface area contributed by atoms with Crippen LogP contribution < -0.4 is 5.32 Å². The van der Waals surface area contributed by atoms with E-state index in [0.717, 1.165) is 44.3 Å². The first-order chi connectivity index (χ1) is 11.6. The monoisotopic (exact) mass is 461 g/mol. The number of aliphatic imine (C=N–C) groups is 1. The van der Waals surface area contributed by atoms with Crippen molar-refractivity contribution in [2.24, 2.45) is 17.5 Å². The lowest BCUT2D eigenvalue weighted by atomic mass is 9.89. The van der Waals surface area contributed by atoms with Gasteiger partial charge in [-0.15, -0.1) is 24.0 Å². The molecule has 1 saturated carbocycles. The number of aryl methyl sites for hydroxylation is 1. The summed E-state index contributed by atoms with van der Waals surface area (Å²) in [4.78, 5) is 7.32. The maximum absolute atomic E-state index is 5.96. The van der Waals surface area contributed by atoms with Gasteiger partial charge in [-0.3, -0.25) is 9.67 Å². The van der Waals surface area contributed by atoms with Crippen LogP contribution in [0.1, 0.15) is 51.2 Å². The van der Waals surface area contributed by atoms with Crippen molar-refractivity contribution in [1.82, 2.24) is 20.0 Å². The predicted octanol–water partition coefficient (Wildman–Crippen LogP) is 2.96. The minimum Gasteiger partial charge on any atom is -0.370 e. The van der Waals surface area contributed by atoms with E-state index in [-0.39, 0.29) is 30.1 Å². The zero-order valence-corrected chi connectivity index (χ0v) is 18.0. The van der Waals surface area contributed by atoms with E-state index >= 15 is 0 Å². The van der Waals surface area contributed by atoms with E-state index in [0.29, 0.717) is 5.41 Å². The van der Waals surface area contributed by atoms with Crippen LogP contribution in [0.2, 0.25) is 0 Å². The minimum absolute atomic E-state index is 0. The third-order valence-corrected chi connectivity index (χ3v) is 5.22. The summed E-state index contributed by atoms with van der Waals surface area (Å²) in [5, 5.41) is 7.74. The van der Waals surface area contributed by atoms with Crippen molar-refractivity contribution in [2.75, 3.05) is 32.8 Å². The van der Waals surface area contributed by atoms with Crippen molar-refractivity contribution in [3.05, 3.63) is 18.0 Å². The summed E-state index contributed by atoms with van der Waals surface area (Å²) in [6.07, 6.45) is 9.31. The highest BCUT2D eigenvalue weighted by atomic mass is 127. The van der Waals surface area contributed by atoms with Gasteiger partial charge in [-0.2, -0.15) is 5.10 Å². The molecular formula is C18H32IN5O. The molecule has 1 aliphatic carbocycles. The van der Waals surface area contributed by atoms with Crippen molar-refractivity contribution in [2.45, 2.75) is 45.6 Å². The number of morpholine rings is 1. The normalized spacial score (nSPS) is 23.4. The number of rotatable bonds is 4. The molecule has 1 aromatic rings. The summed E-state index contributed by atoms with van der Waals surface area (Å²) in [7, 11) is 1.94. The van der Waals surface area contributed by atoms with E-state index in [1.807, 2.05) is 24.1 Å². The number of halogens is 1. The summed E-state index contributed by atoms with van der Waals surface area (Å²) in [5.74, 6) is 1.03. The lowest BCUT2D eigenvalue weighted by molar-refractivity contribution is -0.00810. The molecule has 25 heavy (non-hydrogen) atoms. The Morgan fingerprint density at radius 3 is 2.84 bits per heavy atom. The molecule has 1 saturated heterocycles. The third-order valence-electron chi connectivity index (χ3n) is 5.22. The summed E-state index contributed by atoms with van der Waals surface area (Å²) < 4.78 is 7.79. The lowest BCUT2D eigenvalue weighted by Crippen LogP contribution is -2.48. The fourth-order valence-corrected chi connectivity index (χ4v) is 3.73. The number of hydrogen-bond acceptors (Lipinski definition) is 3. The van der Waals surface area contributed by atoms with E-state index < -0.39 is 0 Å². The molecule has 1 unspecified atom stereocenters. The number of guanidine groups is 1. The predicted molar refractivity (Wildman–Crippen MR) is 111 cm³/mol. The SMILES string of the molecule is CCNC(=NCC1(C)CCCC1)N1CCOC(c2cnn(C)c2)C1.I. The van der Waals surface area contributed by atoms with Gasteiger partial charge in [-0.05, 0) is 25.2 Å². The third kappa shape index (κ3) is 5.32. The van der Waals surface area contributed by atoms with Crippen LogP contribution in [-0.2, 0) is 11.8 Å². The van der Waals surface area contributed by atoms with Crippen LogP contribution in [0.15, 0.2) is 17.4 Å². The average molecular weight is 461 g/mol. The van der Waals surface area contributed by atoms with Crippen molar-refractivity contribution in [3.63, 3.8) is 0 Å². The van der Waals surface area contributed by atoms with Crippen LogP contribution in [0.3, 0.4) is 0 Å². The fourth-order valence-electron chi connectivity index (χ4n) is 3.73. The Labute approximate surface area is 168 Å². The van der Waals surface area contributed by atoms with Gasteiger partial charge in [0.15, 0.2) is 5.96 Å². The van der Waals surface area contributed by atoms with Crippen LogP contribution in [-0.4, -0.2) is 53.4 Å². The molecule has 0 aromatic carbocycles. The first-order valence-electron chi connectivity index (χ1n) is 9.23. The second-order valence-corrected chi connectivity index (χ2v) is 7.44. The topological polar surface area (TPSA) is 54.7 Å². The molecule has 6 nitrogen and oxygen atoms in total. The number of nitrogens with one attached hydrogen (secondary N) is 1. The molecule has 1 N–H and O–H groups in total. The Morgan fingerprint density at radius 1 is 1.44 bits per heavy atom. The highest BCUT2D eigenvalue weighted by Crippen LogP contribution is 2.37. The lowest BCUT2D eigenvalue weighted by Gasteiger charge is -2.35. The molecule has 2 heterocycles. The molecule has 0 radical (unpaired) electrons. The van der Waals surface area contributed by atoms with Crippen LogP contribution in [0.4, 0.5) is 0 Å². The highest BCUT2D eigenvalue weighted by molar-refractivity contribution is 14.0. The smallest absolute Gasteiger partial charge is 0.194 e. The van der Waals surface area contributed by atoms with Crippen molar-refractivity contribution in [3.8, 4) is 0 Å². The Kier molecular flexibility index (Phi) is 7.54. The number of hydrogen-bond donors (Lipinski definition) is 1. The van der Waals surface area contributed by atoms with Gasteiger partial charge in [0, 0.05) is 38.4 Å². The van der Waals surface area contributed by atoms with E-state index in [4.69, 9.17) is 9.73 Å². The van der Waals surface area contributed by atoms with Crippen molar-refractivity contribution < 1.29 is 4.74 Å². The van der Waals surface area contributed by atoms with Gasteiger partial charge >= 0.3 is 0 Å². The number of ether oxygens (including phenoxy) is 1. The van der Waals surface area contributed by atoms with Crippen LogP contribution in [0.5, 0.6) is 0 Å². The zero-order chi connectivity index (χ0) is 17.0. The van der Waals surface area contributed by atoms with Gasteiger partial charge in [0.25, 0.3) is 0 Å². The van der Waals surface area contributed by atoms with Gasteiger partial charge in [-0.25, -0.2) is 0 Å². The van der Waals surface area contributed by atoms with E-state index in [9.17, 15) is 0 Å². The Hall–Kier alpha value is -0.830. The molecule has 1 aromatic heterocycles. The maximum Gasteiger partial charge on any atom is 0.194 e. The molecule has 142 valence electrons. The fraction of sp³-hybridized carbons (Fsp3) is 0.778. The van der Waals surface area contributed by atoms with E-state index in [1.165, 1.54) is 25.7 Å². The van der Waals surface area contributed by atoms with Gasteiger partial charge in [-0.1, -0.05) is 19.8 Å². The minimum atomic E-state index is 0. The average Bonchev–Trinajstić information content (AvgIpc) is 3.21. The second kappa shape index (κ2) is 9.21. The van der Waals surface area contributed by atoms with Gasteiger partial charge < -0.3 is 15.0 Å². The molecule has 1 atom stereocenters. The quantitative estimate of drug-likeness (QED) is 0.426. The second-order valence-electron chi connectivity index (χ2n) is 7.44. The number of aromatic nitrogens is 2. The largest absolute Gasteiger partial charge is 0.370 e. The summed E-state index contributed by atoms with van der Waals surface area (Å²) in [5.41, 5.74) is 1.52. The molecule has 0 spiro atoms. The molecule has 2 fully saturated rings. The molecular weight excluding hydrogens is 429 g/mol. The van der Waals surface area contributed by atoms with E-state index in [1.54, 1.807) is 0 Å². The zero-order valence-electron chi connectivity index (χ0n) is 15.7. The molecule has 7 heteroatoms. The Bertz CT molecular complexity index is 568. The van der Waals surface area contributed by atoms with Crippen LogP contribution in [0, 0.1) is 5.41 Å². The molecule has 0 bridgehead atoms. The first-order valence-corrected chi connectivity index (χ1v) is 9.23. The maximum atomic E-state index is 5.96. The van der Waals surface area contributed by atoms with Gasteiger partial charge in [0.05, 0.1) is 19.3 Å². The van der Waals surface area contributed by atoms with Crippen LogP contribution in [0.25, 0.3) is 0 Å². The van der Waals surface area contributed by atoms with Gasteiger partial charge in [0.2, 0.25) is 0 Å².